The Morgan fingerprint density at radius 3 is 1.97 bits per heavy atom. The minimum Gasteiger partial charge on any atom is -0.254 e. The maximum atomic E-state index is 4.98. The largest absolute Gasteiger partial charge is 0.254 e. The molecule has 0 radical (unpaired) electrons. The highest BCUT2D eigenvalue weighted by Gasteiger charge is 2.11. The Morgan fingerprint density at radius 2 is 1.12 bits per heavy atom. The first-order valence-corrected chi connectivity index (χ1v) is 11.5. The number of nitrogens with zero attached hydrogens (tertiary/aromatic N) is 2. The summed E-state index contributed by atoms with van der Waals surface area (Å²) in [7, 11) is 0. The smallest absolute Gasteiger partial charge is 0.0972 e. The summed E-state index contributed by atoms with van der Waals surface area (Å²) in [5.74, 6) is 0. The Hall–Kier alpha value is -4.56. The van der Waals surface area contributed by atoms with Gasteiger partial charge in [-0.2, -0.15) is 0 Å². The van der Waals surface area contributed by atoms with Gasteiger partial charge >= 0.3 is 0 Å². The summed E-state index contributed by atoms with van der Waals surface area (Å²) in [6, 6.07) is 40.6. The van der Waals surface area contributed by atoms with Crippen molar-refractivity contribution in [2.24, 2.45) is 0 Å². The first-order valence-electron chi connectivity index (χ1n) is 11.5. The third kappa shape index (κ3) is 2.96. The molecule has 2 aromatic heterocycles. The van der Waals surface area contributed by atoms with Crippen LogP contribution in [-0.2, 0) is 0 Å². The predicted molar refractivity (Wildman–Crippen MR) is 143 cm³/mol. The quantitative estimate of drug-likeness (QED) is 0.256. The number of para-hydroxylation sites is 1. The monoisotopic (exact) mass is 432 g/mol. The van der Waals surface area contributed by atoms with Crippen LogP contribution in [-0.4, -0.2) is 9.97 Å². The van der Waals surface area contributed by atoms with Crippen molar-refractivity contribution in [3.05, 3.63) is 121 Å². The Balaban J connectivity index is 1.34. The van der Waals surface area contributed by atoms with E-state index in [0.717, 1.165) is 33.4 Å². The van der Waals surface area contributed by atoms with E-state index in [1.165, 1.54) is 32.3 Å². The maximum Gasteiger partial charge on any atom is 0.0972 e. The lowest BCUT2D eigenvalue weighted by atomic mass is 9.97. The fraction of sp³-hybridized carbons (Fsp3) is 0. The third-order valence-corrected chi connectivity index (χ3v) is 6.69. The third-order valence-electron chi connectivity index (χ3n) is 6.69. The molecule has 0 saturated carbocycles. The van der Waals surface area contributed by atoms with E-state index in [1.54, 1.807) is 0 Å². The molecule has 7 rings (SSSR count). The molecular formula is C32H20N2. The maximum absolute atomic E-state index is 4.98. The number of fused-ring (bicyclic) bond motifs is 6. The summed E-state index contributed by atoms with van der Waals surface area (Å²) in [5.41, 5.74) is 5.06. The molecule has 0 atom stereocenters. The van der Waals surface area contributed by atoms with Crippen LogP contribution in [0.5, 0.6) is 0 Å². The summed E-state index contributed by atoms with van der Waals surface area (Å²) in [4.78, 5) is 9.83. The van der Waals surface area contributed by atoms with Crippen LogP contribution in [0.1, 0.15) is 0 Å². The summed E-state index contributed by atoms with van der Waals surface area (Å²) in [6.45, 7) is 0. The zero-order valence-corrected chi connectivity index (χ0v) is 18.4. The first-order chi connectivity index (χ1) is 16.8. The van der Waals surface area contributed by atoms with E-state index in [4.69, 9.17) is 9.97 Å². The average molecular weight is 433 g/mol. The Labute approximate surface area is 197 Å². The summed E-state index contributed by atoms with van der Waals surface area (Å²) in [6.07, 6.45) is 1.96. The van der Waals surface area contributed by atoms with E-state index >= 15 is 0 Å². The molecule has 0 N–H and O–H groups in total. The molecular weight excluding hydrogens is 412 g/mol. The van der Waals surface area contributed by atoms with E-state index in [1.807, 2.05) is 12.3 Å². The van der Waals surface area contributed by atoms with Crippen molar-refractivity contribution in [2.45, 2.75) is 0 Å². The zero-order chi connectivity index (χ0) is 22.5. The number of pyridine rings is 2. The predicted octanol–water partition coefficient (Wildman–Crippen LogP) is 8.42. The first kappa shape index (κ1) is 19.0. The molecule has 0 fully saturated rings. The molecule has 158 valence electrons. The molecule has 0 amide bonds. The summed E-state index contributed by atoms with van der Waals surface area (Å²) >= 11 is 0. The summed E-state index contributed by atoms with van der Waals surface area (Å²) in [5, 5.41) is 8.57. The highest BCUT2D eigenvalue weighted by atomic mass is 14.8. The van der Waals surface area contributed by atoms with Crippen LogP contribution < -0.4 is 0 Å². The Morgan fingerprint density at radius 1 is 0.441 bits per heavy atom. The number of rotatable bonds is 2. The number of hydrogen-bond acceptors (Lipinski definition) is 2. The number of benzene rings is 5. The van der Waals surface area contributed by atoms with Crippen LogP contribution in [0.25, 0.3) is 65.7 Å². The van der Waals surface area contributed by atoms with Gasteiger partial charge < -0.3 is 0 Å². The molecule has 2 heterocycles. The average Bonchev–Trinajstić information content (AvgIpc) is 2.92. The highest BCUT2D eigenvalue weighted by Crippen LogP contribution is 2.33. The van der Waals surface area contributed by atoms with Gasteiger partial charge in [0.15, 0.2) is 0 Å². The molecule has 0 aliphatic rings. The van der Waals surface area contributed by atoms with Gasteiger partial charge in [-0.25, -0.2) is 4.98 Å². The van der Waals surface area contributed by atoms with Crippen molar-refractivity contribution in [1.82, 2.24) is 9.97 Å². The molecule has 2 nitrogen and oxygen atoms in total. The molecule has 0 spiro atoms. The second kappa shape index (κ2) is 7.50. The van der Waals surface area contributed by atoms with Crippen molar-refractivity contribution in [2.75, 3.05) is 0 Å². The molecule has 5 aromatic carbocycles. The van der Waals surface area contributed by atoms with Crippen molar-refractivity contribution in [1.29, 1.82) is 0 Å². The Bertz CT molecular complexity index is 1850. The van der Waals surface area contributed by atoms with E-state index in [9.17, 15) is 0 Å². The molecule has 0 aliphatic carbocycles. The van der Waals surface area contributed by atoms with Gasteiger partial charge in [0.1, 0.15) is 0 Å². The SMILES string of the molecule is c1ccc2c(c1)ccc1cc(-c3ccc(-c4nc5ccccc5c5ccccc45)nc3)ccc12. The number of hydrogen-bond donors (Lipinski definition) is 0. The Kier molecular flexibility index (Phi) is 4.18. The van der Waals surface area contributed by atoms with Gasteiger partial charge in [-0.1, -0.05) is 97.1 Å². The van der Waals surface area contributed by atoms with E-state index in [2.05, 4.69) is 109 Å². The van der Waals surface area contributed by atoms with Crippen LogP contribution in [0, 0.1) is 0 Å². The molecule has 34 heavy (non-hydrogen) atoms. The van der Waals surface area contributed by atoms with Crippen LogP contribution >= 0.6 is 0 Å². The fourth-order valence-electron chi connectivity index (χ4n) is 5.00. The molecule has 7 aromatic rings. The zero-order valence-electron chi connectivity index (χ0n) is 18.4. The lowest BCUT2D eigenvalue weighted by Crippen LogP contribution is -1.92. The normalized spacial score (nSPS) is 11.5. The van der Waals surface area contributed by atoms with Crippen molar-refractivity contribution >= 4 is 43.2 Å². The molecule has 0 saturated heterocycles. The van der Waals surface area contributed by atoms with Crippen molar-refractivity contribution in [3.63, 3.8) is 0 Å². The van der Waals surface area contributed by atoms with Gasteiger partial charge in [-0.15, -0.1) is 0 Å². The molecule has 2 heteroatoms. The molecule has 0 aliphatic heterocycles. The fourth-order valence-corrected chi connectivity index (χ4v) is 5.00. The van der Waals surface area contributed by atoms with E-state index in [-0.39, 0.29) is 0 Å². The van der Waals surface area contributed by atoms with Crippen LogP contribution in [0.2, 0.25) is 0 Å². The van der Waals surface area contributed by atoms with Gasteiger partial charge in [0.2, 0.25) is 0 Å². The van der Waals surface area contributed by atoms with Crippen LogP contribution in [0.15, 0.2) is 121 Å². The topological polar surface area (TPSA) is 25.8 Å². The van der Waals surface area contributed by atoms with Gasteiger partial charge in [0, 0.05) is 22.5 Å². The van der Waals surface area contributed by atoms with Gasteiger partial charge in [0.05, 0.1) is 16.9 Å². The van der Waals surface area contributed by atoms with E-state index < -0.39 is 0 Å². The second-order valence-electron chi connectivity index (χ2n) is 8.68. The summed E-state index contributed by atoms with van der Waals surface area (Å²) < 4.78 is 0. The lowest BCUT2D eigenvalue weighted by Gasteiger charge is -2.10. The van der Waals surface area contributed by atoms with Crippen molar-refractivity contribution in [3.8, 4) is 22.5 Å². The standard InChI is InChI=1S/C32H20N2/c1-2-8-25-21(7-1)13-14-23-19-22(15-17-26(23)25)24-16-18-31(33-20-24)32-29-11-4-3-9-27(29)28-10-5-6-12-30(28)34-32/h1-20H. The molecule has 0 unspecified atom stereocenters. The van der Waals surface area contributed by atoms with Crippen molar-refractivity contribution < 1.29 is 0 Å². The van der Waals surface area contributed by atoms with Crippen LogP contribution in [0.3, 0.4) is 0 Å². The number of aromatic nitrogens is 2. The molecule has 0 bridgehead atoms. The minimum absolute atomic E-state index is 0.887. The van der Waals surface area contributed by atoms with Gasteiger partial charge in [0.25, 0.3) is 0 Å². The van der Waals surface area contributed by atoms with E-state index in [0.29, 0.717) is 0 Å². The van der Waals surface area contributed by atoms with Gasteiger partial charge in [-0.05, 0) is 50.7 Å². The second-order valence-corrected chi connectivity index (χ2v) is 8.68. The lowest BCUT2D eigenvalue weighted by molar-refractivity contribution is 1.29. The van der Waals surface area contributed by atoms with Crippen LogP contribution in [0.4, 0.5) is 0 Å². The minimum atomic E-state index is 0.887. The highest BCUT2D eigenvalue weighted by molar-refractivity contribution is 6.11. The van der Waals surface area contributed by atoms with Gasteiger partial charge in [-0.3, -0.25) is 4.98 Å².